The number of aryl methyl sites for hydroxylation is 1. The van der Waals surface area contributed by atoms with Gasteiger partial charge < -0.3 is 8.85 Å². The van der Waals surface area contributed by atoms with Crippen molar-refractivity contribution in [1.29, 1.82) is 0 Å². The molecular weight excluding hydrogens is 252 g/mol. The molecule has 0 N–H and O–H groups in total. The number of unbranched alkanes of at least 4 members (excludes halogenated alkanes) is 1. The summed E-state index contributed by atoms with van der Waals surface area (Å²) in [6.45, 7) is 9.02. The van der Waals surface area contributed by atoms with Crippen LogP contribution in [-0.2, 0) is 4.43 Å². The van der Waals surface area contributed by atoms with Gasteiger partial charge >= 0.3 is 8.56 Å². The second-order valence-electron chi connectivity index (χ2n) is 4.64. The summed E-state index contributed by atoms with van der Waals surface area (Å²) in [6, 6.07) is 5.80. The predicted octanol–water partition coefficient (Wildman–Crippen LogP) is 4.55. The lowest BCUT2D eigenvalue weighted by Gasteiger charge is -2.24. The maximum Gasteiger partial charge on any atom is 0.392 e. The zero-order chi connectivity index (χ0) is 12.9. The first-order chi connectivity index (χ1) is 7.94. The highest BCUT2D eigenvalue weighted by Crippen LogP contribution is 2.28. The van der Waals surface area contributed by atoms with Crippen LogP contribution in [0.2, 0.25) is 18.1 Å². The fraction of sp³-hybridized carbons (Fsp3) is 0.538. The van der Waals surface area contributed by atoms with Crippen LogP contribution in [0.15, 0.2) is 18.2 Å². The van der Waals surface area contributed by atoms with Gasteiger partial charge in [-0.05, 0) is 44.1 Å². The van der Waals surface area contributed by atoms with Crippen molar-refractivity contribution in [2.45, 2.75) is 39.8 Å². The van der Waals surface area contributed by atoms with Gasteiger partial charge in [-0.2, -0.15) is 0 Å². The van der Waals surface area contributed by atoms with Crippen LogP contribution >= 0.6 is 11.6 Å². The van der Waals surface area contributed by atoms with Crippen LogP contribution in [0.4, 0.5) is 0 Å². The predicted molar refractivity (Wildman–Crippen MR) is 75.2 cm³/mol. The Morgan fingerprint density at radius 2 is 2.00 bits per heavy atom. The SMILES string of the molecule is CCCCO[Si](C)(C)Oc1cc(C)ccc1Cl. The second kappa shape index (κ2) is 6.43. The van der Waals surface area contributed by atoms with Gasteiger partial charge in [0.25, 0.3) is 0 Å². The summed E-state index contributed by atoms with van der Waals surface area (Å²) in [7, 11) is -2.12. The molecule has 0 aliphatic rings. The average Bonchev–Trinajstić information content (AvgIpc) is 2.23. The van der Waals surface area contributed by atoms with Crippen LogP contribution in [-0.4, -0.2) is 15.2 Å². The van der Waals surface area contributed by atoms with Crippen molar-refractivity contribution in [2.24, 2.45) is 0 Å². The Morgan fingerprint density at radius 1 is 1.29 bits per heavy atom. The third-order valence-corrected chi connectivity index (χ3v) is 4.31. The highest BCUT2D eigenvalue weighted by atomic mass is 35.5. The van der Waals surface area contributed by atoms with E-state index in [0.29, 0.717) is 5.02 Å². The van der Waals surface area contributed by atoms with E-state index < -0.39 is 8.56 Å². The van der Waals surface area contributed by atoms with Crippen LogP contribution in [0.1, 0.15) is 25.3 Å². The molecule has 0 aromatic heterocycles. The third kappa shape index (κ3) is 5.11. The molecule has 1 rings (SSSR count). The Labute approximate surface area is 110 Å². The minimum Gasteiger partial charge on any atom is -0.519 e. The van der Waals surface area contributed by atoms with Crippen molar-refractivity contribution in [2.75, 3.05) is 6.61 Å². The molecule has 2 nitrogen and oxygen atoms in total. The molecule has 0 aliphatic carbocycles. The van der Waals surface area contributed by atoms with E-state index in [-0.39, 0.29) is 0 Å². The van der Waals surface area contributed by atoms with Crippen molar-refractivity contribution in [3.63, 3.8) is 0 Å². The molecule has 0 bridgehead atoms. The summed E-state index contributed by atoms with van der Waals surface area (Å²) in [5.41, 5.74) is 1.14. The molecule has 4 heteroatoms. The molecule has 0 atom stereocenters. The Kier molecular flexibility index (Phi) is 5.50. The Bertz CT molecular complexity index is 366. The largest absolute Gasteiger partial charge is 0.519 e. The molecule has 0 saturated heterocycles. The summed E-state index contributed by atoms with van der Waals surface area (Å²) >= 11 is 6.11. The third-order valence-electron chi connectivity index (χ3n) is 2.39. The lowest BCUT2D eigenvalue weighted by Crippen LogP contribution is -2.38. The standard InChI is InChI=1S/C13H21ClO2Si/c1-5-6-9-15-17(3,4)16-13-10-11(2)7-8-12(13)14/h7-8,10H,5-6,9H2,1-4H3. The van der Waals surface area contributed by atoms with Crippen LogP contribution in [0.3, 0.4) is 0 Å². The molecule has 96 valence electrons. The molecule has 0 unspecified atom stereocenters. The van der Waals surface area contributed by atoms with E-state index in [9.17, 15) is 0 Å². The maximum absolute atomic E-state index is 6.11. The molecule has 0 heterocycles. The van der Waals surface area contributed by atoms with E-state index >= 15 is 0 Å². The van der Waals surface area contributed by atoms with Gasteiger partial charge in [-0.25, -0.2) is 0 Å². The van der Waals surface area contributed by atoms with Crippen LogP contribution in [0, 0.1) is 6.92 Å². The van der Waals surface area contributed by atoms with E-state index in [0.717, 1.165) is 30.8 Å². The number of halogens is 1. The number of hydrogen-bond acceptors (Lipinski definition) is 2. The first-order valence-electron chi connectivity index (χ1n) is 6.04. The summed E-state index contributed by atoms with van der Waals surface area (Å²) in [4.78, 5) is 0. The molecule has 0 aliphatic heterocycles. The van der Waals surface area contributed by atoms with Gasteiger partial charge in [0.1, 0.15) is 5.75 Å². The van der Waals surface area contributed by atoms with Gasteiger partial charge in [-0.15, -0.1) is 0 Å². The molecular formula is C13H21ClO2Si. The van der Waals surface area contributed by atoms with Crippen molar-refractivity contribution >= 4 is 20.2 Å². The monoisotopic (exact) mass is 272 g/mol. The minimum atomic E-state index is -2.12. The molecule has 0 radical (unpaired) electrons. The van der Waals surface area contributed by atoms with Gasteiger partial charge in [0.2, 0.25) is 0 Å². The van der Waals surface area contributed by atoms with Crippen LogP contribution in [0.25, 0.3) is 0 Å². The van der Waals surface area contributed by atoms with Crippen LogP contribution in [0.5, 0.6) is 5.75 Å². The fourth-order valence-electron chi connectivity index (χ4n) is 1.45. The fourth-order valence-corrected chi connectivity index (χ4v) is 3.06. The normalized spacial score (nSPS) is 11.6. The van der Waals surface area contributed by atoms with E-state index in [4.69, 9.17) is 20.5 Å². The van der Waals surface area contributed by atoms with Crippen molar-refractivity contribution in [3.05, 3.63) is 28.8 Å². The number of hydrogen-bond donors (Lipinski definition) is 0. The molecule has 0 amide bonds. The quantitative estimate of drug-likeness (QED) is 0.559. The Balaban J connectivity index is 2.65. The molecule has 1 aromatic rings. The summed E-state index contributed by atoms with van der Waals surface area (Å²) in [6.07, 6.45) is 2.21. The Morgan fingerprint density at radius 3 is 2.65 bits per heavy atom. The van der Waals surface area contributed by atoms with Gasteiger partial charge in [-0.3, -0.25) is 0 Å². The summed E-state index contributed by atoms with van der Waals surface area (Å²) < 4.78 is 11.8. The van der Waals surface area contributed by atoms with E-state index in [1.165, 1.54) is 0 Å². The Hall–Kier alpha value is -0.513. The van der Waals surface area contributed by atoms with Crippen molar-refractivity contribution < 1.29 is 8.85 Å². The zero-order valence-corrected chi connectivity index (χ0v) is 12.8. The summed E-state index contributed by atoms with van der Waals surface area (Å²) in [5.74, 6) is 0.736. The van der Waals surface area contributed by atoms with Gasteiger partial charge in [0, 0.05) is 6.61 Å². The molecule has 0 fully saturated rings. The van der Waals surface area contributed by atoms with E-state index in [2.05, 4.69) is 6.92 Å². The van der Waals surface area contributed by atoms with Crippen molar-refractivity contribution in [3.8, 4) is 5.75 Å². The first kappa shape index (κ1) is 14.5. The van der Waals surface area contributed by atoms with Crippen LogP contribution < -0.4 is 4.43 Å². The van der Waals surface area contributed by atoms with E-state index in [1.807, 2.05) is 38.2 Å². The smallest absolute Gasteiger partial charge is 0.392 e. The van der Waals surface area contributed by atoms with Crippen molar-refractivity contribution in [1.82, 2.24) is 0 Å². The molecule has 17 heavy (non-hydrogen) atoms. The molecule has 0 saturated carbocycles. The topological polar surface area (TPSA) is 18.5 Å². The maximum atomic E-state index is 6.11. The minimum absolute atomic E-state index is 0.648. The highest BCUT2D eigenvalue weighted by Gasteiger charge is 2.27. The van der Waals surface area contributed by atoms with Gasteiger partial charge in [0.05, 0.1) is 5.02 Å². The van der Waals surface area contributed by atoms with Gasteiger partial charge in [0.15, 0.2) is 0 Å². The molecule has 1 aromatic carbocycles. The first-order valence-corrected chi connectivity index (χ1v) is 9.23. The number of benzene rings is 1. The van der Waals surface area contributed by atoms with Gasteiger partial charge in [-0.1, -0.05) is 31.0 Å². The molecule has 0 spiro atoms. The lowest BCUT2D eigenvalue weighted by atomic mass is 10.2. The van der Waals surface area contributed by atoms with E-state index in [1.54, 1.807) is 0 Å². The second-order valence-corrected chi connectivity index (χ2v) is 8.34. The zero-order valence-electron chi connectivity index (χ0n) is 11.0. The lowest BCUT2D eigenvalue weighted by molar-refractivity contribution is 0.243. The average molecular weight is 273 g/mol. The summed E-state index contributed by atoms with van der Waals surface area (Å²) in [5, 5.41) is 0.648. The number of rotatable bonds is 6. The highest BCUT2D eigenvalue weighted by molar-refractivity contribution is 6.65.